The van der Waals surface area contributed by atoms with Crippen LogP contribution in [0.2, 0.25) is 0 Å². The molecule has 0 radical (unpaired) electrons. The van der Waals surface area contributed by atoms with E-state index in [2.05, 4.69) is 20.0 Å². The first-order valence-corrected chi connectivity index (χ1v) is 11.5. The molecule has 0 aliphatic rings. The van der Waals surface area contributed by atoms with Gasteiger partial charge in [0, 0.05) is 11.3 Å². The molecule has 3 aromatic heterocycles. The van der Waals surface area contributed by atoms with Crippen LogP contribution in [0.25, 0.3) is 27.6 Å². The normalized spacial score (nSPS) is 11.6. The van der Waals surface area contributed by atoms with Gasteiger partial charge in [-0.1, -0.05) is 18.2 Å². The van der Waals surface area contributed by atoms with Crippen LogP contribution in [0.5, 0.6) is 0 Å². The lowest BCUT2D eigenvalue weighted by atomic mass is 10.1. The molecule has 0 spiro atoms. The van der Waals surface area contributed by atoms with Crippen LogP contribution >= 0.6 is 11.3 Å². The first kappa shape index (κ1) is 19.3. The Labute approximate surface area is 180 Å². The van der Waals surface area contributed by atoms with Gasteiger partial charge in [0.15, 0.2) is 11.5 Å². The zero-order valence-electron chi connectivity index (χ0n) is 15.8. The molecule has 10 heteroatoms. The minimum Gasteiger partial charge on any atom is -0.280 e. The number of anilines is 1. The van der Waals surface area contributed by atoms with E-state index in [1.54, 1.807) is 40.1 Å². The molecule has 0 saturated carbocycles. The molecule has 2 aromatic carbocycles. The van der Waals surface area contributed by atoms with Crippen molar-refractivity contribution in [3.05, 3.63) is 84.0 Å². The fourth-order valence-electron chi connectivity index (χ4n) is 3.07. The van der Waals surface area contributed by atoms with E-state index in [0.717, 1.165) is 17.0 Å². The fourth-order valence-corrected chi connectivity index (χ4v) is 4.82. The van der Waals surface area contributed by atoms with Gasteiger partial charge in [-0.25, -0.2) is 12.8 Å². The summed E-state index contributed by atoms with van der Waals surface area (Å²) in [5.41, 5.74) is 2.33. The topological polar surface area (TPSA) is 89.2 Å². The van der Waals surface area contributed by atoms with Crippen LogP contribution in [0.4, 0.5) is 10.1 Å². The van der Waals surface area contributed by atoms with Gasteiger partial charge >= 0.3 is 0 Å². The smallest absolute Gasteiger partial charge is 0.261 e. The number of hydrogen-bond donors (Lipinski definition) is 1. The van der Waals surface area contributed by atoms with Crippen molar-refractivity contribution >= 4 is 32.7 Å². The molecule has 7 nitrogen and oxygen atoms in total. The fraction of sp³-hybridized carbons (Fsp3) is 0. The molecule has 1 N–H and O–H groups in total. The molecule has 154 valence electrons. The Kier molecular flexibility index (Phi) is 4.72. The summed E-state index contributed by atoms with van der Waals surface area (Å²) >= 11 is 1.54. The minimum absolute atomic E-state index is 0.0241. The number of halogens is 1. The molecule has 5 aromatic rings. The Hall–Kier alpha value is -3.63. The van der Waals surface area contributed by atoms with Gasteiger partial charge in [-0.15, -0.1) is 21.5 Å². The molecule has 3 heterocycles. The number of benzene rings is 2. The Morgan fingerprint density at radius 3 is 2.55 bits per heavy atom. The van der Waals surface area contributed by atoms with Crippen molar-refractivity contribution in [2.45, 2.75) is 4.90 Å². The van der Waals surface area contributed by atoms with Crippen molar-refractivity contribution in [2.24, 2.45) is 0 Å². The lowest BCUT2D eigenvalue weighted by molar-refractivity contribution is 0.599. The van der Waals surface area contributed by atoms with Gasteiger partial charge in [0.2, 0.25) is 0 Å². The van der Waals surface area contributed by atoms with Crippen molar-refractivity contribution in [1.29, 1.82) is 0 Å². The van der Waals surface area contributed by atoms with Gasteiger partial charge in [-0.05, 0) is 60.0 Å². The lowest BCUT2D eigenvalue weighted by Gasteiger charge is -2.10. The Morgan fingerprint density at radius 2 is 1.77 bits per heavy atom. The first-order valence-electron chi connectivity index (χ1n) is 9.15. The van der Waals surface area contributed by atoms with Crippen LogP contribution in [0.3, 0.4) is 0 Å². The maximum Gasteiger partial charge on any atom is 0.261 e. The molecule has 0 saturated heterocycles. The van der Waals surface area contributed by atoms with E-state index in [0.29, 0.717) is 28.4 Å². The highest BCUT2D eigenvalue weighted by Gasteiger charge is 2.15. The van der Waals surface area contributed by atoms with Gasteiger partial charge in [0.25, 0.3) is 10.0 Å². The highest BCUT2D eigenvalue weighted by atomic mass is 32.2. The zero-order valence-corrected chi connectivity index (χ0v) is 17.4. The van der Waals surface area contributed by atoms with E-state index >= 15 is 0 Å². The van der Waals surface area contributed by atoms with Gasteiger partial charge in [0.1, 0.15) is 5.82 Å². The van der Waals surface area contributed by atoms with E-state index in [4.69, 9.17) is 0 Å². The van der Waals surface area contributed by atoms with E-state index in [1.807, 2.05) is 29.6 Å². The summed E-state index contributed by atoms with van der Waals surface area (Å²) in [5, 5.41) is 15.0. The molecule has 0 fully saturated rings. The summed E-state index contributed by atoms with van der Waals surface area (Å²) in [7, 11) is -3.85. The maximum atomic E-state index is 13.1. The molecule has 5 rings (SSSR count). The molecule has 0 amide bonds. The quantitative estimate of drug-likeness (QED) is 0.426. The Bertz CT molecular complexity index is 1480. The number of fused-ring (bicyclic) bond motifs is 1. The van der Waals surface area contributed by atoms with Gasteiger partial charge in [0.05, 0.1) is 15.5 Å². The van der Waals surface area contributed by atoms with Crippen LogP contribution in [0.15, 0.2) is 83.1 Å². The zero-order chi connectivity index (χ0) is 21.4. The number of thiophene rings is 1. The monoisotopic (exact) mass is 451 g/mol. The number of nitrogens with zero attached hydrogens (tertiary/aromatic N) is 4. The van der Waals surface area contributed by atoms with Gasteiger partial charge < -0.3 is 0 Å². The SMILES string of the molecule is O=S(=O)(Nc1cccc(-c2ccc3nnc(-c4cccs4)n3n2)c1)c1ccc(F)cc1. The van der Waals surface area contributed by atoms with E-state index in [-0.39, 0.29) is 4.90 Å². The van der Waals surface area contributed by atoms with Crippen molar-refractivity contribution < 1.29 is 12.8 Å². The summed E-state index contributed by atoms with van der Waals surface area (Å²) in [5.74, 6) is 0.137. The molecule has 0 unspecified atom stereocenters. The van der Waals surface area contributed by atoms with Crippen molar-refractivity contribution in [1.82, 2.24) is 19.8 Å². The first-order chi connectivity index (χ1) is 15.0. The van der Waals surface area contributed by atoms with Crippen molar-refractivity contribution in [3.63, 3.8) is 0 Å². The number of rotatable bonds is 5. The molecular formula is C21H14FN5O2S2. The predicted octanol–water partition coefficient (Wildman–Crippen LogP) is 4.46. The largest absolute Gasteiger partial charge is 0.280 e. The van der Waals surface area contributed by atoms with Crippen LogP contribution < -0.4 is 4.72 Å². The summed E-state index contributed by atoms with van der Waals surface area (Å²) in [4.78, 5) is 0.918. The summed E-state index contributed by atoms with van der Waals surface area (Å²) in [6, 6.07) is 19.0. The standard InChI is InChI=1S/C21H14FN5O2S2/c22-15-6-8-17(9-7-15)31(28,29)26-16-4-1-3-14(13-16)18-10-11-20-23-24-21(27(20)25-18)19-5-2-12-30-19/h1-13,26H. The summed E-state index contributed by atoms with van der Waals surface area (Å²) < 4.78 is 42.5. The minimum atomic E-state index is -3.85. The average Bonchev–Trinajstić information content (AvgIpc) is 3.43. The number of nitrogens with one attached hydrogen (secondary N) is 1. The number of aromatic nitrogens is 4. The molecule has 0 aliphatic heterocycles. The van der Waals surface area contributed by atoms with Crippen molar-refractivity contribution in [2.75, 3.05) is 4.72 Å². The summed E-state index contributed by atoms with van der Waals surface area (Å²) in [6.45, 7) is 0. The second-order valence-electron chi connectivity index (χ2n) is 6.63. The predicted molar refractivity (Wildman–Crippen MR) is 117 cm³/mol. The second kappa shape index (κ2) is 7.56. The summed E-state index contributed by atoms with van der Waals surface area (Å²) in [6.07, 6.45) is 0. The van der Waals surface area contributed by atoms with Gasteiger partial charge in [-0.3, -0.25) is 4.72 Å². The molecule has 0 bridgehead atoms. The van der Waals surface area contributed by atoms with E-state index < -0.39 is 15.8 Å². The van der Waals surface area contributed by atoms with Crippen LogP contribution in [0.1, 0.15) is 0 Å². The average molecular weight is 452 g/mol. The number of sulfonamides is 1. The highest BCUT2D eigenvalue weighted by molar-refractivity contribution is 7.92. The Morgan fingerprint density at radius 1 is 0.935 bits per heavy atom. The Balaban J connectivity index is 1.49. The van der Waals surface area contributed by atoms with E-state index in [9.17, 15) is 12.8 Å². The molecule has 0 atom stereocenters. The molecule has 0 aliphatic carbocycles. The molecule has 31 heavy (non-hydrogen) atoms. The van der Waals surface area contributed by atoms with Crippen LogP contribution in [-0.4, -0.2) is 28.2 Å². The molecular weight excluding hydrogens is 437 g/mol. The highest BCUT2D eigenvalue weighted by Crippen LogP contribution is 2.26. The van der Waals surface area contributed by atoms with E-state index in [1.165, 1.54) is 12.1 Å². The number of hydrogen-bond acceptors (Lipinski definition) is 6. The van der Waals surface area contributed by atoms with Crippen molar-refractivity contribution in [3.8, 4) is 22.0 Å². The van der Waals surface area contributed by atoms with Crippen LogP contribution in [0, 0.1) is 5.82 Å². The van der Waals surface area contributed by atoms with Crippen LogP contribution in [-0.2, 0) is 10.0 Å². The third-order valence-corrected chi connectivity index (χ3v) is 6.80. The third kappa shape index (κ3) is 3.78. The second-order valence-corrected chi connectivity index (χ2v) is 9.26. The third-order valence-electron chi connectivity index (χ3n) is 4.54. The van der Waals surface area contributed by atoms with Gasteiger partial charge in [-0.2, -0.15) is 9.61 Å². The lowest BCUT2D eigenvalue weighted by Crippen LogP contribution is -2.13. The maximum absolute atomic E-state index is 13.1.